The number of hydrogen-bond donors (Lipinski definition) is 1. The maximum Gasteiger partial charge on any atom is 0.338 e. The molecular formula is C19H22N2O5. The predicted molar refractivity (Wildman–Crippen MR) is 93.2 cm³/mol. The van der Waals surface area contributed by atoms with Crippen LogP contribution in [0.3, 0.4) is 0 Å². The minimum atomic E-state index is -0.622. The highest BCUT2D eigenvalue weighted by Crippen LogP contribution is 2.37. The molecule has 0 spiro atoms. The van der Waals surface area contributed by atoms with Gasteiger partial charge in [-0.15, -0.1) is 0 Å². The van der Waals surface area contributed by atoms with E-state index in [1.165, 1.54) is 7.11 Å². The van der Waals surface area contributed by atoms with E-state index in [4.69, 9.17) is 9.47 Å². The molecule has 2 aliphatic rings. The van der Waals surface area contributed by atoms with Crippen LogP contribution in [0.25, 0.3) is 0 Å². The molecule has 1 aliphatic carbocycles. The number of carbonyl (C=O) groups excluding carboxylic acids is 3. The van der Waals surface area contributed by atoms with Gasteiger partial charge < -0.3 is 14.8 Å². The number of nitrogens with one attached hydrogen (secondary N) is 1. The maximum atomic E-state index is 12.6. The average molecular weight is 358 g/mol. The molecule has 0 radical (unpaired) electrons. The molecule has 138 valence electrons. The van der Waals surface area contributed by atoms with Gasteiger partial charge in [-0.25, -0.2) is 14.4 Å². The number of rotatable bonds is 5. The van der Waals surface area contributed by atoms with Gasteiger partial charge in [0, 0.05) is 11.7 Å². The monoisotopic (exact) mass is 358 g/mol. The molecule has 7 nitrogen and oxygen atoms in total. The summed E-state index contributed by atoms with van der Waals surface area (Å²) in [6.07, 6.45) is 1.86. The van der Waals surface area contributed by atoms with Crippen molar-refractivity contribution in [2.75, 3.05) is 13.7 Å². The van der Waals surface area contributed by atoms with E-state index in [0.29, 0.717) is 22.4 Å². The first-order chi connectivity index (χ1) is 12.5. The number of amides is 2. The Morgan fingerprint density at radius 3 is 2.38 bits per heavy atom. The number of ether oxygens (including phenoxy) is 2. The van der Waals surface area contributed by atoms with E-state index >= 15 is 0 Å². The van der Waals surface area contributed by atoms with Crippen LogP contribution in [0.2, 0.25) is 0 Å². The number of nitrogens with zero attached hydrogens (tertiary/aromatic N) is 1. The zero-order chi connectivity index (χ0) is 18.8. The van der Waals surface area contributed by atoms with Crippen LogP contribution in [0.1, 0.15) is 48.7 Å². The topological polar surface area (TPSA) is 84.9 Å². The molecule has 1 aliphatic heterocycles. The number of benzene rings is 1. The van der Waals surface area contributed by atoms with E-state index in [1.807, 2.05) is 0 Å². The second kappa shape index (κ2) is 7.19. The summed E-state index contributed by atoms with van der Waals surface area (Å²) < 4.78 is 9.91. The van der Waals surface area contributed by atoms with Crippen molar-refractivity contribution in [3.63, 3.8) is 0 Å². The highest BCUT2D eigenvalue weighted by atomic mass is 16.5. The molecule has 2 amide bonds. The number of carbonyl (C=O) groups is 3. The van der Waals surface area contributed by atoms with E-state index in [2.05, 4.69) is 5.32 Å². The normalized spacial score (nSPS) is 19.9. The lowest BCUT2D eigenvalue weighted by Gasteiger charge is -2.35. The van der Waals surface area contributed by atoms with Gasteiger partial charge in [-0.3, -0.25) is 4.90 Å². The Morgan fingerprint density at radius 1 is 1.19 bits per heavy atom. The van der Waals surface area contributed by atoms with Gasteiger partial charge in [0.05, 0.1) is 30.9 Å². The number of esters is 2. The van der Waals surface area contributed by atoms with Gasteiger partial charge in [-0.1, -0.05) is 12.1 Å². The molecular weight excluding hydrogens is 336 g/mol. The fourth-order valence-electron chi connectivity index (χ4n) is 3.18. The maximum absolute atomic E-state index is 12.6. The van der Waals surface area contributed by atoms with Crippen LogP contribution in [0.4, 0.5) is 4.79 Å². The number of hydrogen-bond acceptors (Lipinski definition) is 5. The van der Waals surface area contributed by atoms with Crippen molar-refractivity contribution in [3.8, 4) is 0 Å². The Kier molecular flexibility index (Phi) is 4.97. The first-order valence-electron chi connectivity index (χ1n) is 8.63. The standard InChI is InChI=1S/C19H22N2O5/c1-4-26-18(23)15-11(2)21(14-9-10-14)19(24)20-16(15)12-5-7-13(8-6-12)17(22)25-3/h5-8,14,16H,4,9-10H2,1-3H3,(H,20,24)/t16-/m0/s1. The van der Waals surface area contributed by atoms with Gasteiger partial charge in [0.2, 0.25) is 0 Å². The summed E-state index contributed by atoms with van der Waals surface area (Å²) in [5.41, 5.74) is 2.14. The fourth-order valence-corrected chi connectivity index (χ4v) is 3.18. The number of methoxy groups -OCH3 is 1. The van der Waals surface area contributed by atoms with Crippen LogP contribution in [-0.4, -0.2) is 42.6 Å². The van der Waals surface area contributed by atoms with Crippen molar-refractivity contribution in [2.24, 2.45) is 0 Å². The van der Waals surface area contributed by atoms with Crippen LogP contribution < -0.4 is 5.32 Å². The van der Waals surface area contributed by atoms with Gasteiger partial charge in [0.15, 0.2) is 0 Å². The molecule has 7 heteroatoms. The molecule has 1 aromatic carbocycles. The highest BCUT2D eigenvalue weighted by Gasteiger charge is 2.42. The quantitative estimate of drug-likeness (QED) is 0.818. The van der Waals surface area contributed by atoms with Gasteiger partial charge in [0.1, 0.15) is 0 Å². The van der Waals surface area contributed by atoms with E-state index in [-0.39, 0.29) is 18.7 Å². The summed E-state index contributed by atoms with van der Waals surface area (Å²) in [5, 5.41) is 2.90. The minimum Gasteiger partial charge on any atom is -0.465 e. The smallest absolute Gasteiger partial charge is 0.338 e. The first-order valence-corrected chi connectivity index (χ1v) is 8.63. The molecule has 1 atom stereocenters. The van der Waals surface area contributed by atoms with E-state index in [1.54, 1.807) is 43.0 Å². The molecule has 0 bridgehead atoms. The largest absolute Gasteiger partial charge is 0.465 e. The lowest BCUT2D eigenvalue weighted by atomic mass is 9.94. The Balaban J connectivity index is 1.99. The Morgan fingerprint density at radius 2 is 1.85 bits per heavy atom. The summed E-state index contributed by atoms with van der Waals surface area (Å²) in [7, 11) is 1.31. The lowest BCUT2D eigenvalue weighted by Crippen LogP contribution is -2.48. The van der Waals surface area contributed by atoms with Crippen molar-refractivity contribution in [1.82, 2.24) is 10.2 Å². The molecule has 1 heterocycles. The van der Waals surface area contributed by atoms with Crippen molar-refractivity contribution in [3.05, 3.63) is 46.7 Å². The second-order valence-corrected chi connectivity index (χ2v) is 6.32. The number of allylic oxidation sites excluding steroid dienone is 1. The fraction of sp³-hybridized carbons (Fsp3) is 0.421. The van der Waals surface area contributed by atoms with Crippen LogP contribution >= 0.6 is 0 Å². The predicted octanol–water partition coefficient (Wildman–Crippen LogP) is 2.54. The molecule has 0 unspecified atom stereocenters. The van der Waals surface area contributed by atoms with Crippen molar-refractivity contribution in [2.45, 2.75) is 38.8 Å². The molecule has 1 fully saturated rings. The molecule has 1 N–H and O–H groups in total. The summed E-state index contributed by atoms with van der Waals surface area (Å²) in [4.78, 5) is 38.4. The Labute approximate surface area is 151 Å². The first kappa shape index (κ1) is 18.0. The van der Waals surface area contributed by atoms with Crippen molar-refractivity contribution < 1.29 is 23.9 Å². The van der Waals surface area contributed by atoms with Gasteiger partial charge in [-0.05, 0) is 44.4 Å². The van der Waals surface area contributed by atoms with Crippen LogP contribution in [0, 0.1) is 0 Å². The summed E-state index contributed by atoms with van der Waals surface area (Å²) in [5.74, 6) is -0.890. The molecule has 0 saturated heterocycles. The summed E-state index contributed by atoms with van der Waals surface area (Å²) in [6.45, 7) is 3.77. The van der Waals surface area contributed by atoms with E-state index in [9.17, 15) is 14.4 Å². The molecule has 0 aromatic heterocycles. The van der Waals surface area contributed by atoms with Crippen LogP contribution in [0.15, 0.2) is 35.5 Å². The average Bonchev–Trinajstić information content (AvgIpc) is 3.45. The van der Waals surface area contributed by atoms with Crippen LogP contribution in [-0.2, 0) is 14.3 Å². The molecule has 26 heavy (non-hydrogen) atoms. The molecule has 1 saturated carbocycles. The third kappa shape index (κ3) is 3.29. The molecule has 1 aromatic rings. The van der Waals surface area contributed by atoms with Crippen LogP contribution in [0.5, 0.6) is 0 Å². The minimum absolute atomic E-state index is 0.141. The third-order valence-electron chi connectivity index (χ3n) is 4.60. The summed E-state index contributed by atoms with van der Waals surface area (Å²) >= 11 is 0. The van der Waals surface area contributed by atoms with Crippen molar-refractivity contribution >= 4 is 18.0 Å². The lowest BCUT2D eigenvalue weighted by molar-refractivity contribution is -0.139. The van der Waals surface area contributed by atoms with E-state index < -0.39 is 18.0 Å². The Hall–Kier alpha value is -2.83. The van der Waals surface area contributed by atoms with Gasteiger partial charge in [-0.2, -0.15) is 0 Å². The zero-order valence-electron chi connectivity index (χ0n) is 15.1. The van der Waals surface area contributed by atoms with E-state index in [0.717, 1.165) is 12.8 Å². The SMILES string of the molecule is CCOC(=O)C1=C(C)N(C2CC2)C(=O)N[C@H]1c1ccc(C(=O)OC)cc1. The second-order valence-electron chi connectivity index (χ2n) is 6.32. The van der Waals surface area contributed by atoms with Gasteiger partial charge in [0.25, 0.3) is 0 Å². The Bertz CT molecular complexity index is 765. The third-order valence-corrected chi connectivity index (χ3v) is 4.60. The zero-order valence-corrected chi connectivity index (χ0v) is 15.1. The van der Waals surface area contributed by atoms with Crippen molar-refractivity contribution in [1.29, 1.82) is 0 Å². The number of urea groups is 1. The van der Waals surface area contributed by atoms with Gasteiger partial charge >= 0.3 is 18.0 Å². The summed E-state index contributed by atoms with van der Waals surface area (Å²) in [6, 6.07) is 5.93. The highest BCUT2D eigenvalue weighted by molar-refractivity contribution is 5.95. The molecule has 3 rings (SSSR count).